The van der Waals surface area contributed by atoms with Crippen molar-refractivity contribution in [3.63, 3.8) is 0 Å². The summed E-state index contributed by atoms with van der Waals surface area (Å²) in [6, 6.07) is 9.29. The lowest BCUT2D eigenvalue weighted by molar-refractivity contribution is -0.123. The van der Waals surface area contributed by atoms with Gasteiger partial charge in [-0.15, -0.1) is 0 Å². The number of carbonyl (C=O) groups excluding carboxylic acids is 3. The van der Waals surface area contributed by atoms with Crippen LogP contribution in [0.1, 0.15) is 70.2 Å². The molecule has 1 aliphatic heterocycles. The highest BCUT2D eigenvalue weighted by Gasteiger charge is 2.13. The van der Waals surface area contributed by atoms with Crippen molar-refractivity contribution in [2.45, 2.75) is 71.9 Å². The topological polar surface area (TPSA) is 118 Å². The lowest BCUT2D eigenvalue weighted by atomic mass is 10.1. The van der Waals surface area contributed by atoms with Crippen molar-refractivity contribution in [3.05, 3.63) is 29.8 Å². The van der Waals surface area contributed by atoms with Gasteiger partial charge >= 0.3 is 0 Å². The maximum absolute atomic E-state index is 11.0. The first-order valence-electron chi connectivity index (χ1n) is 15.1. The fraction of sp³-hybridized carbons (Fsp3) is 0.688. The molecule has 3 N–H and O–H groups in total. The number of rotatable bonds is 15. The first kappa shape index (κ1) is 41.7. The molecule has 0 radical (unpaired) electrons. The second kappa shape index (κ2) is 28.7. The Bertz CT molecular complexity index is 861. The second-order valence-corrected chi connectivity index (χ2v) is 11.1. The van der Waals surface area contributed by atoms with Crippen LogP contribution in [0.15, 0.2) is 24.3 Å². The van der Waals surface area contributed by atoms with Gasteiger partial charge in [0.25, 0.3) is 0 Å². The van der Waals surface area contributed by atoms with Crippen LogP contribution in [0, 0.1) is 17.2 Å². The molecule has 1 aromatic rings. The molecule has 1 aliphatic rings. The molecule has 0 saturated carbocycles. The van der Waals surface area contributed by atoms with E-state index in [0.29, 0.717) is 12.1 Å². The third kappa shape index (κ3) is 22.2. The summed E-state index contributed by atoms with van der Waals surface area (Å²) in [5.41, 5.74) is 1.56. The molecule has 1 fully saturated rings. The molecule has 0 aliphatic carbocycles. The predicted molar refractivity (Wildman–Crippen MR) is 179 cm³/mol. The van der Waals surface area contributed by atoms with E-state index in [0.717, 1.165) is 44.2 Å². The van der Waals surface area contributed by atoms with Crippen LogP contribution in [0.25, 0.3) is 0 Å². The zero-order valence-corrected chi connectivity index (χ0v) is 28.3. The third-order valence-electron chi connectivity index (χ3n) is 6.70. The van der Waals surface area contributed by atoms with Crippen molar-refractivity contribution in [1.82, 2.24) is 20.4 Å². The number of hydrogen-bond acceptors (Lipinski definition) is 9. The zero-order valence-electron chi connectivity index (χ0n) is 27.4. The molecule has 3 unspecified atom stereocenters. The number of likely N-dealkylation sites (tertiary alicyclic amines) is 1. The number of nitrogens with one attached hydrogen (secondary N) is 3. The van der Waals surface area contributed by atoms with Crippen molar-refractivity contribution >= 4 is 35.9 Å². The van der Waals surface area contributed by atoms with E-state index in [1.54, 1.807) is 30.8 Å². The molecular weight excluding hydrogens is 548 g/mol. The standard InChI is InChI=1S/C14H20N2O2.C8H14N2O.C8H18N2.C2H6S/c1-3-16(2)14(11-18)7-8-15-13-6-4-5-12(9-13)10-17;1-4-7(3)10-8(11)6(2)5-9;1-9-5-4-8-10-6-2-3-7-10;1-3-2/h4-6,9-11,14-15H,3,7-8H2,1-2H3;6-7H,4H2,1-3H3,(H,10,11);9H,2-8H2,1H3;1-2H3. The molecule has 240 valence electrons. The Morgan fingerprint density at radius 2 is 1.81 bits per heavy atom. The van der Waals surface area contributed by atoms with Crippen molar-refractivity contribution in [2.24, 2.45) is 5.92 Å². The van der Waals surface area contributed by atoms with Gasteiger partial charge in [0.05, 0.1) is 12.1 Å². The van der Waals surface area contributed by atoms with E-state index in [1.165, 1.54) is 38.9 Å². The van der Waals surface area contributed by atoms with E-state index in [-0.39, 0.29) is 18.0 Å². The number of benzene rings is 1. The first-order valence-corrected chi connectivity index (χ1v) is 16.7. The highest BCUT2D eigenvalue weighted by molar-refractivity contribution is 7.97. The van der Waals surface area contributed by atoms with E-state index in [9.17, 15) is 14.4 Å². The summed E-state index contributed by atoms with van der Waals surface area (Å²) in [6.07, 6.45) is 11.7. The highest BCUT2D eigenvalue weighted by atomic mass is 32.2. The van der Waals surface area contributed by atoms with Gasteiger partial charge in [0.1, 0.15) is 18.5 Å². The quantitative estimate of drug-likeness (QED) is 0.195. The number of nitriles is 1. The van der Waals surface area contributed by atoms with Crippen molar-refractivity contribution in [2.75, 3.05) is 71.2 Å². The number of thioether (sulfide) groups is 1. The molecule has 42 heavy (non-hydrogen) atoms. The molecule has 0 aromatic heterocycles. The Morgan fingerprint density at radius 3 is 2.31 bits per heavy atom. The van der Waals surface area contributed by atoms with Gasteiger partial charge in [-0.3, -0.25) is 14.5 Å². The highest BCUT2D eigenvalue weighted by Crippen LogP contribution is 2.10. The van der Waals surface area contributed by atoms with Crippen LogP contribution in [-0.4, -0.2) is 106 Å². The van der Waals surface area contributed by atoms with Gasteiger partial charge < -0.3 is 25.6 Å². The van der Waals surface area contributed by atoms with Crippen molar-refractivity contribution in [1.29, 1.82) is 5.26 Å². The van der Waals surface area contributed by atoms with Crippen LogP contribution in [0.3, 0.4) is 0 Å². The van der Waals surface area contributed by atoms with Crippen LogP contribution in [0.2, 0.25) is 0 Å². The minimum Gasteiger partial charge on any atom is -0.385 e. The minimum absolute atomic E-state index is 0.0586. The van der Waals surface area contributed by atoms with E-state index in [4.69, 9.17) is 5.26 Å². The van der Waals surface area contributed by atoms with E-state index < -0.39 is 5.92 Å². The smallest absolute Gasteiger partial charge is 0.237 e. The minimum atomic E-state index is -0.538. The van der Waals surface area contributed by atoms with Crippen LogP contribution in [0.4, 0.5) is 5.69 Å². The molecule has 0 spiro atoms. The average Bonchev–Trinajstić information content (AvgIpc) is 3.53. The van der Waals surface area contributed by atoms with E-state index in [2.05, 4.69) is 20.9 Å². The molecule has 3 atom stereocenters. The summed E-state index contributed by atoms with van der Waals surface area (Å²) >= 11 is 1.75. The van der Waals surface area contributed by atoms with Crippen LogP contribution in [0.5, 0.6) is 0 Å². The summed E-state index contributed by atoms with van der Waals surface area (Å²) in [6.45, 7) is 14.2. The zero-order chi connectivity index (χ0) is 32.2. The van der Waals surface area contributed by atoms with Gasteiger partial charge in [-0.1, -0.05) is 26.0 Å². The maximum Gasteiger partial charge on any atom is 0.237 e. The number of nitrogens with zero attached hydrogens (tertiary/aromatic N) is 3. The molecule has 0 bridgehead atoms. The summed E-state index contributed by atoms with van der Waals surface area (Å²) in [7, 11) is 3.95. The lowest BCUT2D eigenvalue weighted by Gasteiger charge is -2.21. The molecule has 9 nitrogen and oxygen atoms in total. The van der Waals surface area contributed by atoms with Crippen molar-refractivity contribution in [3.8, 4) is 6.07 Å². The summed E-state index contributed by atoms with van der Waals surface area (Å²) in [5, 5.41) is 17.5. The molecule has 2 rings (SSSR count). The predicted octanol–water partition coefficient (Wildman–Crippen LogP) is 4.55. The Morgan fingerprint density at radius 1 is 1.17 bits per heavy atom. The van der Waals surface area contributed by atoms with Crippen LogP contribution in [-0.2, 0) is 9.59 Å². The van der Waals surface area contributed by atoms with E-state index >= 15 is 0 Å². The molecule has 1 amide bonds. The Kier molecular flexibility index (Phi) is 28.4. The molecular formula is C32H58N6O3S. The third-order valence-corrected chi connectivity index (χ3v) is 6.70. The summed E-state index contributed by atoms with van der Waals surface area (Å²) in [5.74, 6) is -0.717. The van der Waals surface area contributed by atoms with E-state index in [1.807, 2.05) is 70.5 Å². The van der Waals surface area contributed by atoms with Gasteiger partial charge in [0.15, 0.2) is 0 Å². The molecule has 1 heterocycles. The van der Waals surface area contributed by atoms with Gasteiger partial charge in [-0.2, -0.15) is 17.0 Å². The second-order valence-electron chi connectivity index (χ2n) is 10.3. The first-order chi connectivity index (χ1) is 20.2. The Hall–Kier alpha value is -2.45. The van der Waals surface area contributed by atoms with Crippen molar-refractivity contribution < 1.29 is 14.4 Å². The molecule has 1 aromatic carbocycles. The number of likely N-dealkylation sites (N-methyl/N-ethyl adjacent to an activating group) is 1. The largest absolute Gasteiger partial charge is 0.385 e. The number of hydrogen-bond donors (Lipinski definition) is 3. The SMILES string of the molecule is CCC(C)NC(=O)C(C)C#N.CCN(C)C(C=O)CCNc1cccc(C=O)c1.CNCCCN1CCCC1.CSC. The monoisotopic (exact) mass is 606 g/mol. The van der Waals surface area contributed by atoms with Gasteiger partial charge in [-0.05, 0) is 117 Å². The fourth-order valence-electron chi connectivity index (χ4n) is 3.73. The number of carbonyl (C=O) groups is 3. The van der Waals surface area contributed by atoms with Crippen LogP contribution >= 0.6 is 11.8 Å². The van der Waals surface area contributed by atoms with Gasteiger partial charge in [0, 0.05) is 23.8 Å². The summed E-state index contributed by atoms with van der Waals surface area (Å²) in [4.78, 5) is 37.1. The molecule has 1 saturated heterocycles. The Labute approximate surface area is 260 Å². The van der Waals surface area contributed by atoms with Gasteiger partial charge in [-0.25, -0.2) is 0 Å². The maximum atomic E-state index is 11.0. The number of anilines is 1. The van der Waals surface area contributed by atoms with Crippen LogP contribution < -0.4 is 16.0 Å². The van der Waals surface area contributed by atoms with Gasteiger partial charge in [0.2, 0.25) is 5.91 Å². The molecule has 10 heteroatoms. The fourth-order valence-corrected chi connectivity index (χ4v) is 3.73. The summed E-state index contributed by atoms with van der Waals surface area (Å²) < 4.78 is 0. The number of amides is 1. The lowest BCUT2D eigenvalue weighted by Crippen LogP contribution is -2.35. The number of aldehydes is 2. The normalized spacial score (nSPS) is 14.3. The Balaban J connectivity index is 0. The average molecular weight is 607 g/mol.